The molecule has 0 radical (unpaired) electrons. The largest absolute Gasteiger partial charge is 0.396 e. The molecule has 4 nitrogen and oxygen atoms in total. The predicted molar refractivity (Wildman–Crippen MR) is 85.7 cm³/mol. The van der Waals surface area contributed by atoms with Crippen molar-refractivity contribution >= 4 is 11.6 Å². The summed E-state index contributed by atoms with van der Waals surface area (Å²) in [6.07, 6.45) is 2.76. The van der Waals surface area contributed by atoms with Gasteiger partial charge in [0.2, 0.25) is 0 Å². The lowest BCUT2D eigenvalue weighted by Crippen LogP contribution is -2.44. The van der Waals surface area contributed by atoms with Gasteiger partial charge in [-0.05, 0) is 48.9 Å². The topological polar surface area (TPSA) is 43.8 Å². The van der Waals surface area contributed by atoms with Gasteiger partial charge in [-0.1, -0.05) is 6.92 Å². The summed E-state index contributed by atoms with van der Waals surface area (Å²) in [5.74, 6) is 0.1000. The third-order valence-corrected chi connectivity index (χ3v) is 4.83. The molecule has 1 aliphatic rings. The van der Waals surface area contributed by atoms with Gasteiger partial charge in [0, 0.05) is 45.0 Å². The summed E-state index contributed by atoms with van der Waals surface area (Å²) < 4.78 is 0. The SMILES string of the molecule is CCC1(CO)CCN(C(=O)c2ccc(N(C)C)cc2)CC1. The van der Waals surface area contributed by atoms with Gasteiger partial charge in [-0.3, -0.25) is 4.79 Å². The number of likely N-dealkylation sites (tertiary alicyclic amines) is 1. The lowest BCUT2D eigenvalue weighted by atomic mass is 9.77. The van der Waals surface area contributed by atoms with Gasteiger partial charge in [0.05, 0.1) is 0 Å². The zero-order valence-electron chi connectivity index (χ0n) is 13.3. The van der Waals surface area contributed by atoms with Crippen LogP contribution in [0.25, 0.3) is 0 Å². The van der Waals surface area contributed by atoms with Crippen LogP contribution in [0, 0.1) is 5.41 Å². The normalized spacial score (nSPS) is 17.6. The highest BCUT2D eigenvalue weighted by atomic mass is 16.3. The molecule has 0 bridgehead atoms. The highest BCUT2D eigenvalue weighted by Crippen LogP contribution is 2.34. The maximum Gasteiger partial charge on any atom is 0.253 e. The van der Waals surface area contributed by atoms with E-state index >= 15 is 0 Å². The molecular weight excluding hydrogens is 264 g/mol. The second-order valence-electron chi connectivity index (χ2n) is 6.25. The summed E-state index contributed by atoms with van der Waals surface area (Å²) >= 11 is 0. The molecule has 1 aromatic carbocycles. The fraction of sp³-hybridized carbons (Fsp3) is 0.588. The molecule has 0 aromatic heterocycles. The van der Waals surface area contributed by atoms with Gasteiger partial charge in [-0.15, -0.1) is 0 Å². The van der Waals surface area contributed by atoms with Crippen LogP contribution in [0.3, 0.4) is 0 Å². The summed E-state index contributed by atoms with van der Waals surface area (Å²) in [4.78, 5) is 16.4. The van der Waals surface area contributed by atoms with Crippen molar-refractivity contribution in [2.24, 2.45) is 5.41 Å². The van der Waals surface area contributed by atoms with Crippen molar-refractivity contribution in [3.63, 3.8) is 0 Å². The standard InChI is InChI=1S/C17H26N2O2/c1-4-17(13-20)9-11-19(12-10-17)16(21)14-5-7-15(8-6-14)18(2)3/h5-8,20H,4,9-13H2,1-3H3. The molecule has 1 fully saturated rings. The van der Waals surface area contributed by atoms with E-state index in [4.69, 9.17) is 0 Å². The van der Waals surface area contributed by atoms with E-state index in [0.717, 1.165) is 43.6 Å². The molecule has 1 amide bonds. The van der Waals surface area contributed by atoms with E-state index in [-0.39, 0.29) is 17.9 Å². The Kier molecular flexibility index (Phi) is 4.88. The maximum atomic E-state index is 12.5. The summed E-state index contributed by atoms with van der Waals surface area (Å²) in [7, 11) is 3.97. The van der Waals surface area contributed by atoms with Crippen molar-refractivity contribution in [2.75, 3.05) is 38.7 Å². The Hall–Kier alpha value is -1.55. The van der Waals surface area contributed by atoms with Crippen LogP contribution < -0.4 is 4.90 Å². The van der Waals surface area contributed by atoms with E-state index in [9.17, 15) is 9.90 Å². The van der Waals surface area contributed by atoms with Crippen molar-refractivity contribution < 1.29 is 9.90 Å². The van der Waals surface area contributed by atoms with E-state index < -0.39 is 0 Å². The van der Waals surface area contributed by atoms with Crippen LogP contribution in [-0.2, 0) is 0 Å². The number of benzene rings is 1. The second-order valence-corrected chi connectivity index (χ2v) is 6.25. The monoisotopic (exact) mass is 290 g/mol. The van der Waals surface area contributed by atoms with E-state index in [1.54, 1.807) is 0 Å². The molecule has 4 heteroatoms. The van der Waals surface area contributed by atoms with Crippen LogP contribution in [0.1, 0.15) is 36.5 Å². The lowest BCUT2D eigenvalue weighted by Gasteiger charge is -2.40. The summed E-state index contributed by atoms with van der Waals surface area (Å²) in [5.41, 5.74) is 1.86. The van der Waals surface area contributed by atoms with Gasteiger partial charge >= 0.3 is 0 Å². The Labute approximate surface area is 127 Å². The molecule has 0 aliphatic carbocycles. The number of aliphatic hydroxyl groups is 1. The number of nitrogens with zero attached hydrogens (tertiary/aromatic N) is 2. The number of aliphatic hydroxyl groups excluding tert-OH is 1. The number of amides is 1. The van der Waals surface area contributed by atoms with Gasteiger partial charge < -0.3 is 14.9 Å². The lowest BCUT2D eigenvalue weighted by molar-refractivity contribution is 0.0338. The number of piperidine rings is 1. The smallest absolute Gasteiger partial charge is 0.253 e. The Bertz CT molecular complexity index is 468. The van der Waals surface area contributed by atoms with Crippen molar-refractivity contribution in [3.05, 3.63) is 29.8 Å². The Balaban J connectivity index is 2.01. The van der Waals surface area contributed by atoms with Crippen molar-refractivity contribution in [1.29, 1.82) is 0 Å². The van der Waals surface area contributed by atoms with Crippen LogP contribution in [0.5, 0.6) is 0 Å². The average molecular weight is 290 g/mol. The van der Waals surface area contributed by atoms with E-state index in [1.807, 2.05) is 48.2 Å². The molecule has 0 unspecified atom stereocenters. The zero-order valence-corrected chi connectivity index (χ0v) is 13.3. The van der Waals surface area contributed by atoms with Crippen LogP contribution in [-0.4, -0.2) is 49.7 Å². The van der Waals surface area contributed by atoms with Gasteiger partial charge in [-0.25, -0.2) is 0 Å². The maximum absolute atomic E-state index is 12.5. The molecule has 21 heavy (non-hydrogen) atoms. The first-order valence-electron chi connectivity index (χ1n) is 7.69. The minimum atomic E-state index is 0.0194. The first-order chi connectivity index (χ1) is 10.0. The molecule has 116 valence electrons. The number of carbonyl (C=O) groups is 1. The molecule has 0 spiro atoms. The van der Waals surface area contributed by atoms with Gasteiger partial charge in [0.15, 0.2) is 0 Å². The molecule has 1 N–H and O–H groups in total. The van der Waals surface area contributed by atoms with Crippen LogP contribution >= 0.6 is 0 Å². The van der Waals surface area contributed by atoms with E-state index in [2.05, 4.69) is 6.92 Å². The van der Waals surface area contributed by atoms with Gasteiger partial charge in [0.1, 0.15) is 0 Å². The van der Waals surface area contributed by atoms with Crippen LogP contribution in [0.15, 0.2) is 24.3 Å². The fourth-order valence-corrected chi connectivity index (χ4v) is 2.89. The average Bonchev–Trinajstić information content (AvgIpc) is 2.54. The second kappa shape index (κ2) is 6.48. The predicted octanol–water partition coefficient (Wildman–Crippen LogP) is 2.38. The summed E-state index contributed by atoms with van der Waals surface area (Å²) in [6, 6.07) is 7.74. The van der Waals surface area contributed by atoms with E-state index in [0.29, 0.717) is 0 Å². The first kappa shape index (κ1) is 15.8. The van der Waals surface area contributed by atoms with Crippen LogP contribution in [0.4, 0.5) is 5.69 Å². The molecule has 1 aromatic rings. The molecule has 2 rings (SSSR count). The minimum Gasteiger partial charge on any atom is -0.396 e. The number of hydrogen-bond donors (Lipinski definition) is 1. The van der Waals surface area contributed by atoms with E-state index in [1.165, 1.54) is 0 Å². The Morgan fingerprint density at radius 3 is 2.24 bits per heavy atom. The van der Waals surface area contributed by atoms with Gasteiger partial charge in [0.25, 0.3) is 5.91 Å². The Morgan fingerprint density at radius 1 is 1.24 bits per heavy atom. The quantitative estimate of drug-likeness (QED) is 0.926. The molecule has 0 atom stereocenters. The van der Waals surface area contributed by atoms with Crippen molar-refractivity contribution in [2.45, 2.75) is 26.2 Å². The fourth-order valence-electron chi connectivity index (χ4n) is 2.89. The van der Waals surface area contributed by atoms with Crippen molar-refractivity contribution in [1.82, 2.24) is 4.90 Å². The highest BCUT2D eigenvalue weighted by Gasteiger charge is 2.34. The van der Waals surface area contributed by atoms with Crippen molar-refractivity contribution in [3.8, 4) is 0 Å². The number of hydrogen-bond acceptors (Lipinski definition) is 3. The third-order valence-electron chi connectivity index (χ3n) is 4.83. The molecular formula is C17H26N2O2. The number of rotatable bonds is 4. The minimum absolute atomic E-state index is 0.0194. The Morgan fingerprint density at radius 2 is 1.81 bits per heavy atom. The molecule has 1 heterocycles. The number of carbonyl (C=O) groups excluding carboxylic acids is 1. The zero-order chi connectivity index (χ0) is 15.5. The van der Waals surface area contributed by atoms with Gasteiger partial charge in [-0.2, -0.15) is 0 Å². The third kappa shape index (κ3) is 3.38. The van der Waals surface area contributed by atoms with Crippen LogP contribution in [0.2, 0.25) is 0 Å². The first-order valence-corrected chi connectivity index (χ1v) is 7.69. The number of anilines is 1. The highest BCUT2D eigenvalue weighted by molar-refractivity contribution is 5.94. The molecule has 1 aliphatic heterocycles. The molecule has 0 saturated carbocycles. The molecule has 1 saturated heterocycles. The summed E-state index contributed by atoms with van der Waals surface area (Å²) in [5, 5.41) is 9.56. The summed E-state index contributed by atoms with van der Waals surface area (Å²) in [6.45, 7) is 3.82.